The van der Waals surface area contributed by atoms with Gasteiger partial charge in [-0.1, -0.05) is 0 Å². The summed E-state index contributed by atoms with van der Waals surface area (Å²) in [7, 11) is 1.74. The Morgan fingerprint density at radius 1 is 1.40 bits per heavy atom. The number of nitrogens with one attached hydrogen (secondary N) is 3. The van der Waals surface area contributed by atoms with Crippen molar-refractivity contribution < 1.29 is 0 Å². The first-order chi connectivity index (χ1) is 9.72. The summed E-state index contributed by atoms with van der Waals surface area (Å²) in [5.41, 5.74) is 0.397. The van der Waals surface area contributed by atoms with Gasteiger partial charge in [-0.05, 0) is 18.7 Å². The fourth-order valence-corrected chi connectivity index (χ4v) is 2.72. The molecule has 3 aromatic rings. The van der Waals surface area contributed by atoms with Gasteiger partial charge in [-0.3, -0.25) is 9.67 Å². The molecule has 9 nitrogen and oxygen atoms in total. The second-order valence-corrected chi connectivity index (χ2v) is 4.85. The second-order valence-electron chi connectivity index (χ2n) is 3.89. The maximum atomic E-state index is 11.6. The lowest BCUT2D eigenvalue weighted by Crippen LogP contribution is -2.16. The molecule has 3 rings (SSSR count). The van der Waals surface area contributed by atoms with Crippen molar-refractivity contribution in [1.82, 2.24) is 34.9 Å². The van der Waals surface area contributed by atoms with E-state index in [9.17, 15) is 4.79 Å². The van der Waals surface area contributed by atoms with Crippen LogP contribution in [0.5, 0.6) is 0 Å². The standard InChI is InChI=1S/C10H12N8OS/c1-3-18-9(19)16-17-10(18)20-7-5-4-12-15-6(5)13-8(11-2)14-7/h4H,3H2,1-2H3,(H,16,19)(H2,11,12,13,14,15). The van der Waals surface area contributed by atoms with Gasteiger partial charge in [-0.2, -0.15) is 10.1 Å². The molecule has 0 spiro atoms. The van der Waals surface area contributed by atoms with Crippen molar-refractivity contribution >= 4 is 28.7 Å². The molecule has 0 fully saturated rings. The number of H-pyrrole nitrogens is 2. The molecule has 20 heavy (non-hydrogen) atoms. The summed E-state index contributed by atoms with van der Waals surface area (Å²) in [6.07, 6.45) is 1.65. The molecule has 0 unspecified atom stereocenters. The van der Waals surface area contributed by atoms with Crippen LogP contribution in [0, 0.1) is 0 Å². The zero-order valence-electron chi connectivity index (χ0n) is 10.8. The normalized spacial score (nSPS) is 11.1. The van der Waals surface area contributed by atoms with Crippen LogP contribution in [0.1, 0.15) is 6.92 Å². The molecule has 104 valence electrons. The summed E-state index contributed by atoms with van der Waals surface area (Å²) in [6.45, 7) is 2.42. The number of hydrogen-bond acceptors (Lipinski definition) is 7. The maximum Gasteiger partial charge on any atom is 0.343 e. The van der Waals surface area contributed by atoms with Crippen molar-refractivity contribution in [3.05, 3.63) is 16.7 Å². The minimum Gasteiger partial charge on any atom is -0.357 e. The summed E-state index contributed by atoms with van der Waals surface area (Å²) in [5, 5.41) is 18.1. The Kier molecular flexibility index (Phi) is 3.14. The maximum absolute atomic E-state index is 11.6. The average Bonchev–Trinajstić information content (AvgIpc) is 3.05. The smallest absolute Gasteiger partial charge is 0.343 e. The molecule has 3 N–H and O–H groups in total. The first kappa shape index (κ1) is 12.7. The van der Waals surface area contributed by atoms with Gasteiger partial charge in [0.2, 0.25) is 5.95 Å². The molecule has 0 bridgehead atoms. The zero-order valence-corrected chi connectivity index (χ0v) is 11.7. The van der Waals surface area contributed by atoms with Crippen LogP contribution in [-0.4, -0.2) is 42.0 Å². The molecule has 0 saturated carbocycles. The summed E-state index contributed by atoms with van der Waals surface area (Å²) < 4.78 is 1.54. The van der Waals surface area contributed by atoms with E-state index in [0.717, 1.165) is 5.39 Å². The SMILES string of the molecule is CCn1c(Sc2nc(NC)nc3[nH]ncc23)n[nH]c1=O. The van der Waals surface area contributed by atoms with E-state index in [1.165, 1.54) is 16.3 Å². The van der Waals surface area contributed by atoms with Gasteiger partial charge in [-0.25, -0.2) is 14.9 Å². The van der Waals surface area contributed by atoms with E-state index in [0.29, 0.717) is 28.3 Å². The third-order valence-electron chi connectivity index (χ3n) is 2.73. The van der Waals surface area contributed by atoms with E-state index < -0.39 is 0 Å². The number of aromatic nitrogens is 7. The molecule has 0 aromatic carbocycles. The molecule has 3 heterocycles. The van der Waals surface area contributed by atoms with E-state index >= 15 is 0 Å². The van der Waals surface area contributed by atoms with Crippen LogP contribution < -0.4 is 11.0 Å². The van der Waals surface area contributed by atoms with Crippen LogP contribution in [0.3, 0.4) is 0 Å². The Bertz CT molecular complexity index is 803. The number of anilines is 1. The third kappa shape index (κ3) is 2.03. The highest BCUT2D eigenvalue weighted by Crippen LogP contribution is 2.29. The number of rotatable bonds is 4. The number of fused-ring (bicyclic) bond motifs is 1. The first-order valence-corrected chi connectivity index (χ1v) is 6.76. The zero-order chi connectivity index (χ0) is 14.1. The summed E-state index contributed by atoms with van der Waals surface area (Å²) in [5.74, 6) is 0.477. The van der Waals surface area contributed by atoms with Gasteiger partial charge in [0, 0.05) is 13.6 Å². The highest BCUT2D eigenvalue weighted by atomic mass is 32.2. The molecule has 0 aliphatic rings. The van der Waals surface area contributed by atoms with Crippen molar-refractivity contribution in [1.29, 1.82) is 0 Å². The molecule has 0 amide bonds. The van der Waals surface area contributed by atoms with Gasteiger partial charge in [0.15, 0.2) is 10.8 Å². The van der Waals surface area contributed by atoms with Crippen LogP contribution in [0.2, 0.25) is 0 Å². The third-order valence-corrected chi connectivity index (χ3v) is 3.72. The highest BCUT2D eigenvalue weighted by Gasteiger charge is 2.14. The molecular weight excluding hydrogens is 280 g/mol. The summed E-state index contributed by atoms with van der Waals surface area (Å²) >= 11 is 1.29. The Morgan fingerprint density at radius 2 is 2.25 bits per heavy atom. The topological polar surface area (TPSA) is 117 Å². The van der Waals surface area contributed by atoms with E-state index in [1.54, 1.807) is 13.2 Å². The molecule has 3 aromatic heterocycles. The Labute approximate surface area is 117 Å². The lowest BCUT2D eigenvalue weighted by atomic mass is 10.4. The van der Waals surface area contributed by atoms with Gasteiger partial charge < -0.3 is 5.32 Å². The monoisotopic (exact) mass is 292 g/mol. The van der Waals surface area contributed by atoms with Crippen molar-refractivity contribution in [2.24, 2.45) is 0 Å². The molecule has 0 saturated heterocycles. The van der Waals surface area contributed by atoms with Crippen LogP contribution in [-0.2, 0) is 6.54 Å². The Morgan fingerprint density at radius 3 is 3.00 bits per heavy atom. The van der Waals surface area contributed by atoms with Gasteiger partial charge in [0.1, 0.15) is 5.03 Å². The number of hydrogen-bond donors (Lipinski definition) is 3. The fraction of sp³-hybridized carbons (Fsp3) is 0.300. The van der Waals surface area contributed by atoms with Gasteiger partial charge in [0.25, 0.3) is 0 Å². The second kappa shape index (κ2) is 4.96. The predicted molar refractivity (Wildman–Crippen MR) is 73.9 cm³/mol. The fourth-order valence-electron chi connectivity index (χ4n) is 1.74. The van der Waals surface area contributed by atoms with Crippen molar-refractivity contribution in [2.75, 3.05) is 12.4 Å². The van der Waals surface area contributed by atoms with Gasteiger partial charge in [-0.15, -0.1) is 5.10 Å². The molecule has 0 aliphatic heterocycles. The van der Waals surface area contributed by atoms with Crippen LogP contribution >= 0.6 is 11.8 Å². The van der Waals surface area contributed by atoms with Crippen molar-refractivity contribution in [3.8, 4) is 0 Å². The molecule has 0 atom stereocenters. The molecule has 10 heteroatoms. The molecule has 0 aliphatic carbocycles. The highest BCUT2D eigenvalue weighted by molar-refractivity contribution is 7.99. The first-order valence-electron chi connectivity index (χ1n) is 5.95. The Hall–Kier alpha value is -2.36. The minimum atomic E-state index is -0.235. The van der Waals surface area contributed by atoms with E-state index in [4.69, 9.17) is 0 Å². The lowest BCUT2D eigenvalue weighted by molar-refractivity contribution is 0.660. The number of aromatic amines is 2. The molecule has 0 radical (unpaired) electrons. The predicted octanol–water partition coefficient (Wildman–Crippen LogP) is 0.451. The van der Waals surface area contributed by atoms with E-state index in [-0.39, 0.29) is 5.69 Å². The van der Waals surface area contributed by atoms with E-state index in [2.05, 4.69) is 35.7 Å². The summed E-state index contributed by atoms with van der Waals surface area (Å²) in [4.78, 5) is 20.2. The van der Waals surface area contributed by atoms with Crippen LogP contribution in [0.15, 0.2) is 21.2 Å². The lowest BCUT2D eigenvalue weighted by Gasteiger charge is -2.04. The average molecular weight is 292 g/mol. The largest absolute Gasteiger partial charge is 0.357 e. The van der Waals surface area contributed by atoms with Gasteiger partial charge >= 0.3 is 5.69 Å². The van der Waals surface area contributed by atoms with Crippen molar-refractivity contribution in [3.63, 3.8) is 0 Å². The van der Waals surface area contributed by atoms with Crippen LogP contribution in [0.4, 0.5) is 5.95 Å². The van der Waals surface area contributed by atoms with Crippen LogP contribution in [0.25, 0.3) is 11.0 Å². The van der Waals surface area contributed by atoms with Gasteiger partial charge in [0.05, 0.1) is 11.6 Å². The minimum absolute atomic E-state index is 0.235. The molecular formula is C10H12N8OS. The van der Waals surface area contributed by atoms with Crippen molar-refractivity contribution in [2.45, 2.75) is 23.7 Å². The summed E-state index contributed by atoms with van der Waals surface area (Å²) in [6, 6.07) is 0. The number of nitrogens with zero attached hydrogens (tertiary/aromatic N) is 5. The Balaban J connectivity index is 2.09. The quantitative estimate of drug-likeness (QED) is 0.597. The van der Waals surface area contributed by atoms with E-state index in [1.807, 2.05) is 6.92 Å².